The van der Waals surface area contributed by atoms with E-state index in [0.717, 1.165) is 16.1 Å². The van der Waals surface area contributed by atoms with Crippen LogP contribution in [0.25, 0.3) is 11.5 Å². The van der Waals surface area contributed by atoms with Gasteiger partial charge in [0.15, 0.2) is 0 Å². The van der Waals surface area contributed by atoms with Crippen molar-refractivity contribution in [3.05, 3.63) is 48.8 Å². The van der Waals surface area contributed by atoms with E-state index < -0.39 is 0 Å². The fourth-order valence-electron chi connectivity index (χ4n) is 1.94. The van der Waals surface area contributed by atoms with E-state index in [9.17, 15) is 4.79 Å². The van der Waals surface area contributed by atoms with Gasteiger partial charge in [0.1, 0.15) is 0 Å². The van der Waals surface area contributed by atoms with Crippen molar-refractivity contribution in [2.45, 2.75) is 10.1 Å². The molecule has 2 aromatic heterocycles. The summed E-state index contributed by atoms with van der Waals surface area (Å²) >= 11 is 2.78. The van der Waals surface area contributed by atoms with Gasteiger partial charge in [-0.25, -0.2) is 0 Å². The topological polar surface area (TPSA) is 80.9 Å². The van der Waals surface area contributed by atoms with Gasteiger partial charge >= 0.3 is 0 Å². The molecule has 0 saturated heterocycles. The van der Waals surface area contributed by atoms with E-state index in [2.05, 4.69) is 20.5 Å². The number of anilines is 1. The van der Waals surface area contributed by atoms with Gasteiger partial charge < -0.3 is 9.73 Å². The van der Waals surface area contributed by atoms with Crippen molar-refractivity contribution in [1.82, 2.24) is 15.2 Å². The van der Waals surface area contributed by atoms with E-state index in [4.69, 9.17) is 4.42 Å². The van der Waals surface area contributed by atoms with Crippen LogP contribution in [0, 0.1) is 0 Å². The van der Waals surface area contributed by atoms with E-state index >= 15 is 0 Å². The van der Waals surface area contributed by atoms with Gasteiger partial charge in [-0.15, -0.1) is 22.0 Å². The molecule has 0 aliphatic carbocycles. The van der Waals surface area contributed by atoms with Crippen molar-refractivity contribution < 1.29 is 9.21 Å². The molecule has 0 bridgehead atoms. The van der Waals surface area contributed by atoms with Crippen molar-refractivity contribution in [2.24, 2.45) is 0 Å². The fraction of sp³-hybridized carbons (Fsp3) is 0.125. The average Bonchev–Trinajstić information content (AvgIpc) is 3.10. The Labute approximate surface area is 147 Å². The highest BCUT2D eigenvalue weighted by molar-refractivity contribution is 7.99. The van der Waals surface area contributed by atoms with Gasteiger partial charge in [0.25, 0.3) is 5.22 Å². The summed E-state index contributed by atoms with van der Waals surface area (Å²) in [5.74, 6) is 0.457. The smallest absolute Gasteiger partial charge is 0.277 e. The van der Waals surface area contributed by atoms with Crippen LogP contribution >= 0.6 is 23.5 Å². The largest absolute Gasteiger partial charge is 0.411 e. The summed E-state index contributed by atoms with van der Waals surface area (Å²) in [6, 6.07) is 11.3. The highest BCUT2D eigenvalue weighted by atomic mass is 32.2. The maximum atomic E-state index is 12.1. The van der Waals surface area contributed by atoms with E-state index in [1.54, 1.807) is 30.2 Å². The van der Waals surface area contributed by atoms with E-state index in [1.165, 1.54) is 11.8 Å². The van der Waals surface area contributed by atoms with Gasteiger partial charge in [0.05, 0.1) is 17.0 Å². The minimum Gasteiger partial charge on any atom is -0.411 e. The molecule has 0 atom stereocenters. The number of amides is 1. The Morgan fingerprint density at radius 1 is 1.21 bits per heavy atom. The second-order valence-electron chi connectivity index (χ2n) is 4.65. The molecule has 24 heavy (non-hydrogen) atoms. The lowest BCUT2D eigenvalue weighted by molar-refractivity contribution is -0.113. The van der Waals surface area contributed by atoms with Crippen molar-refractivity contribution in [3.63, 3.8) is 0 Å². The maximum Gasteiger partial charge on any atom is 0.277 e. The highest BCUT2D eigenvalue weighted by Gasteiger charge is 2.12. The third-order valence-corrected chi connectivity index (χ3v) is 4.64. The molecule has 3 aromatic rings. The Morgan fingerprint density at radius 2 is 2.08 bits per heavy atom. The quantitative estimate of drug-likeness (QED) is 0.674. The summed E-state index contributed by atoms with van der Waals surface area (Å²) in [6.07, 6.45) is 5.29. The van der Waals surface area contributed by atoms with Crippen LogP contribution in [-0.2, 0) is 4.79 Å². The summed E-state index contributed by atoms with van der Waals surface area (Å²) in [6.45, 7) is 0. The average molecular weight is 358 g/mol. The first kappa shape index (κ1) is 16.5. The van der Waals surface area contributed by atoms with Gasteiger partial charge in [0.2, 0.25) is 11.8 Å². The van der Waals surface area contributed by atoms with Gasteiger partial charge in [-0.2, -0.15) is 0 Å². The van der Waals surface area contributed by atoms with Gasteiger partial charge in [0, 0.05) is 17.3 Å². The lowest BCUT2D eigenvalue weighted by atomic mass is 10.3. The van der Waals surface area contributed by atoms with Gasteiger partial charge in [-0.05, 0) is 30.5 Å². The molecule has 0 spiro atoms. The Morgan fingerprint density at radius 3 is 2.88 bits per heavy atom. The highest BCUT2D eigenvalue weighted by Crippen LogP contribution is 2.26. The van der Waals surface area contributed by atoms with Crippen LogP contribution in [-0.4, -0.2) is 33.1 Å². The number of aromatic nitrogens is 3. The first-order valence-corrected chi connectivity index (χ1v) is 9.27. The second-order valence-corrected chi connectivity index (χ2v) is 6.43. The minimum absolute atomic E-state index is 0.123. The normalized spacial score (nSPS) is 10.5. The molecule has 0 aliphatic rings. The number of nitrogens with zero attached hydrogens (tertiary/aromatic N) is 3. The molecule has 1 amide bonds. The molecule has 3 rings (SSSR count). The van der Waals surface area contributed by atoms with Crippen LogP contribution in [0.1, 0.15) is 0 Å². The molecule has 0 saturated carbocycles. The van der Waals surface area contributed by atoms with Gasteiger partial charge in [-0.1, -0.05) is 23.9 Å². The minimum atomic E-state index is -0.123. The van der Waals surface area contributed by atoms with Crippen LogP contribution in [0.2, 0.25) is 0 Å². The van der Waals surface area contributed by atoms with Crippen LogP contribution < -0.4 is 5.32 Å². The van der Waals surface area contributed by atoms with Crippen molar-refractivity contribution in [2.75, 3.05) is 17.3 Å². The molecule has 122 valence electrons. The molecule has 8 heteroatoms. The SMILES string of the molecule is CSc1ccccc1NC(=O)CSc1nnc(-c2cccnc2)o1. The standard InChI is InChI=1S/C16H14N4O2S2/c1-23-13-7-3-2-6-12(13)18-14(21)10-24-16-20-19-15(22-16)11-5-4-8-17-9-11/h2-9H,10H2,1H3,(H,18,21). The Balaban J connectivity index is 1.58. The predicted molar refractivity (Wildman–Crippen MR) is 95.1 cm³/mol. The molecule has 6 nitrogen and oxygen atoms in total. The number of carbonyl (C=O) groups is 1. The summed E-state index contributed by atoms with van der Waals surface area (Å²) in [5, 5.41) is 11.1. The van der Waals surface area contributed by atoms with Crippen molar-refractivity contribution >= 4 is 35.1 Å². The van der Waals surface area contributed by atoms with Crippen molar-refractivity contribution in [3.8, 4) is 11.5 Å². The number of pyridine rings is 1. The number of rotatable bonds is 6. The zero-order chi connectivity index (χ0) is 16.8. The number of hydrogen-bond donors (Lipinski definition) is 1. The first-order chi connectivity index (χ1) is 11.8. The van der Waals surface area contributed by atoms with E-state index in [0.29, 0.717) is 11.1 Å². The van der Waals surface area contributed by atoms with E-state index in [-0.39, 0.29) is 11.7 Å². The molecule has 1 aromatic carbocycles. The van der Waals surface area contributed by atoms with Crippen LogP contribution in [0.4, 0.5) is 5.69 Å². The maximum absolute atomic E-state index is 12.1. The molecular weight excluding hydrogens is 344 g/mol. The van der Waals surface area contributed by atoms with E-state index in [1.807, 2.05) is 36.6 Å². The monoisotopic (exact) mass is 358 g/mol. The number of hydrogen-bond acceptors (Lipinski definition) is 7. The molecule has 0 fully saturated rings. The number of carbonyl (C=O) groups excluding carboxylic acids is 1. The third kappa shape index (κ3) is 4.15. The van der Waals surface area contributed by atoms with Gasteiger partial charge in [-0.3, -0.25) is 9.78 Å². The second kappa shape index (κ2) is 7.98. The van der Waals surface area contributed by atoms with Crippen molar-refractivity contribution in [1.29, 1.82) is 0 Å². The predicted octanol–water partition coefficient (Wildman–Crippen LogP) is 3.58. The summed E-state index contributed by atoms with van der Waals surface area (Å²) in [5.41, 5.74) is 1.55. The van der Waals surface area contributed by atoms with Crippen LogP contribution in [0.15, 0.2) is 63.3 Å². The summed E-state index contributed by atoms with van der Waals surface area (Å²) in [4.78, 5) is 17.1. The molecule has 0 unspecified atom stereocenters. The Bertz CT molecular complexity index is 824. The zero-order valence-corrected chi connectivity index (χ0v) is 14.4. The Hall–Kier alpha value is -2.32. The van der Waals surface area contributed by atoms with Crippen LogP contribution in [0.5, 0.6) is 0 Å². The third-order valence-electron chi connectivity index (χ3n) is 3.02. The number of thioether (sulfide) groups is 2. The Kier molecular flexibility index (Phi) is 5.50. The molecular formula is C16H14N4O2S2. The molecule has 1 N–H and O–H groups in total. The lowest BCUT2D eigenvalue weighted by Crippen LogP contribution is -2.14. The first-order valence-electron chi connectivity index (χ1n) is 7.06. The summed E-state index contributed by atoms with van der Waals surface area (Å²) < 4.78 is 5.53. The number of para-hydroxylation sites is 1. The lowest BCUT2D eigenvalue weighted by Gasteiger charge is -2.08. The fourth-order valence-corrected chi connectivity index (χ4v) is 3.05. The summed E-state index contributed by atoms with van der Waals surface area (Å²) in [7, 11) is 0. The molecule has 0 radical (unpaired) electrons. The molecule has 2 heterocycles. The van der Waals surface area contributed by atoms with Crippen LogP contribution in [0.3, 0.4) is 0 Å². The molecule has 0 aliphatic heterocycles. The number of nitrogens with one attached hydrogen (secondary N) is 1. The number of benzene rings is 1. The zero-order valence-electron chi connectivity index (χ0n) is 12.8.